The van der Waals surface area contributed by atoms with Crippen LogP contribution in [-0.2, 0) is 0 Å². The van der Waals surface area contributed by atoms with E-state index in [1.54, 1.807) is 12.1 Å². The van der Waals surface area contributed by atoms with E-state index >= 15 is 0 Å². The minimum Gasteiger partial charge on any atom is -0.360 e. The zero-order chi connectivity index (χ0) is 10.8. The monoisotopic (exact) mass is 288 g/mol. The highest BCUT2D eigenvalue weighted by atomic mass is 79.9. The first-order valence-electron chi connectivity index (χ1n) is 4.68. The van der Waals surface area contributed by atoms with E-state index in [0.717, 1.165) is 12.8 Å². The third-order valence-corrected chi connectivity index (χ3v) is 2.99. The maximum atomic E-state index is 13.4. The number of thiocarbonyl (C=S) groups is 1. The lowest BCUT2D eigenvalue weighted by Crippen LogP contribution is -2.30. The molecule has 15 heavy (non-hydrogen) atoms. The number of hydrogen-bond donors (Lipinski definition) is 2. The van der Waals surface area contributed by atoms with E-state index in [0.29, 0.717) is 21.3 Å². The molecule has 1 saturated carbocycles. The van der Waals surface area contributed by atoms with Crippen LogP contribution in [0.15, 0.2) is 22.7 Å². The lowest BCUT2D eigenvalue weighted by Gasteiger charge is -2.11. The van der Waals surface area contributed by atoms with Gasteiger partial charge in [0.2, 0.25) is 0 Å². The fourth-order valence-electron chi connectivity index (χ4n) is 1.18. The van der Waals surface area contributed by atoms with Gasteiger partial charge >= 0.3 is 0 Å². The van der Waals surface area contributed by atoms with Crippen molar-refractivity contribution in [3.63, 3.8) is 0 Å². The zero-order valence-corrected chi connectivity index (χ0v) is 10.3. The Balaban J connectivity index is 2.05. The van der Waals surface area contributed by atoms with E-state index in [4.69, 9.17) is 12.2 Å². The molecular weight excluding hydrogens is 279 g/mol. The van der Waals surface area contributed by atoms with E-state index < -0.39 is 0 Å². The first kappa shape index (κ1) is 10.8. The van der Waals surface area contributed by atoms with E-state index in [2.05, 4.69) is 26.6 Å². The summed E-state index contributed by atoms with van der Waals surface area (Å²) in [7, 11) is 0. The normalized spacial score (nSPS) is 14.8. The molecular formula is C10H10BrFN2S. The zero-order valence-electron chi connectivity index (χ0n) is 7.89. The van der Waals surface area contributed by atoms with Crippen molar-refractivity contribution in [1.82, 2.24) is 5.32 Å². The predicted octanol–water partition coefficient (Wildman–Crippen LogP) is 3.04. The number of nitrogens with one attached hydrogen (secondary N) is 2. The highest BCUT2D eigenvalue weighted by Gasteiger charge is 2.22. The summed E-state index contributed by atoms with van der Waals surface area (Å²) >= 11 is 8.33. The highest BCUT2D eigenvalue weighted by molar-refractivity contribution is 9.10. The molecule has 0 heterocycles. The minimum atomic E-state index is -0.315. The van der Waals surface area contributed by atoms with Crippen molar-refractivity contribution in [3.8, 4) is 0 Å². The molecule has 1 aromatic carbocycles. The summed E-state index contributed by atoms with van der Waals surface area (Å²) in [5.41, 5.74) is 0.385. The van der Waals surface area contributed by atoms with Crippen molar-refractivity contribution in [3.05, 3.63) is 28.5 Å². The molecule has 0 saturated heterocycles. The Bertz CT molecular complexity index is 373. The van der Waals surface area contributed by atoms with Gasteiger partial charge in [-0.15, -0.1) is 0 Å². The number of hydrogen-bond acceptors (Lipinski definition) is 1. The molecule has 80 valence electrons. The second kappa shape index (κ2) is 4.45. The molecule has 2 nitrogen and oxygen atoms in total. The van der Waals surface area contributed by atoms with Crippen LogP contribution in [0.3, 0.4) is 0 Å². The lowest BCUT2D eigenvalue weighted by atomic mass is 10.3. The van der Waals surface area contributed by atoms with Gasteiger partial charge in [0, 0.05) is 10.5 Å². The summed E-state index contributed by atoms with van der Waals surface area (Å²) in [6.07, 6.45) is 2.28. The lowest BCUT2D eigenvalue weighted by molar-refractivity contribution is 0.631. The molecule has 1 aliphatic carbocycles. The van der Waals surface area contributed by atoms with Gasteiger partial charge in [0.1, 0.15) is 5.82 Å². The van der Waals surface area contributed by atoms with Crippen LogP contribution in [0, 0.1) is 5.82 Å². The fourth-order valence-corrected chi connectivity index (χ4v) is 1.89. The Labute approximate surface area is 101 Å². The number of halogens is 2. The Morgan fingerprint density at radius 3 is 2.80 bits per heavy atom. The van der Waals surface area contributed by atoms with Gasteiger partial charge in [0.15, 0.2) is 5.11 Å². The quantitative estimate of drug-likeness (QED) is 0.818. The van der Waals surface area contributed by atoms with Gasteiger partial charge in [-0.1, -0.05) is 6.07 Å². The van der Waals surface area contributed by atoms with E-state index in [1.807, 2.05) is 0 Å². The molecule has 2 N–H and O–H groups in total. The van der Waals surface area contributed by atoms with E-state index in [9.17, 15) is 4.39 Å². The van der Waals surface area contributed by atoms with Crippen molar-refractivity contribution in [1.29, 1.82) is 0 Å². The van der Waals surface area contributed by atoms with Crippen LogP contribution in [0.2, 0.25) is 0 Å². The molecule has 0 unspecified atom stereocenters. The molecule has 0 aliphatic heterocycles. The van der Waals surface area contributed by atoms with Crippen LogP contribution in [0.1, 0.15) is 12.8 Å². The predicted molar refractivity (Wildman–Crippen MR) is 66.5 cm³/mol. The second-order valence-electron chi connectivity index (χ2n) is 3.47. The summed E-state index contributed by atoms with van der Waals surface area (Å²) in [6.45, 7) is 0. The molecule has 0 radical (unpaired) electrons. The van der Waals surface area contributed by atoms with Crippen LogP contribution >= 0.6 is 28.1 Å². The van der Waals surface area contributed by atoms with Gasteiger partial charge in [-0.05, 0) is 53.1 Å². The third-order valence-electron chi connectivity index (χ3n) is 2.11. The standard InChI is InChI=1S/C10H10BrFN2S/c11-7-2-1-3-8(12)9(7)14-10(15)13-6-4-5-6/h1-3,6H,4-5H2,(H2,13,14,15). The number of anilines is 1. The average molecular weight is 289 g/mol. The Kier molecular flexibility index (Phi) is 3.21. The molecule has 5 heteroatoms. The van der Waals surface area contributed by atoms with E-state index in [-0.39, 0.29) is 5.82 Å². The third kappa shape index (κ3) is 2.89. The first-order chi connectivity index (χ1) is 7.16. The van der Waals surface area contributed by atoms with Gasteiger partial charge in [0.05, 0.1) is 5.69 Å². The van der Waals surface area contributed by atoms with Crippen LogP contribution in [0.5, 0.6) is 0 Å². The molecule has 2 rings (SSSR count). The highest BCUT2D eigenvalue weighted by Crippen LogP contribution is 2.25. The van der Waals surface area contributed by atoms with Crippen LogP contribution in [0.4, 0.5) is 10.1 Å². The second-order valence-corrected chi connectivity index (χ2v) is 4.73. The van der Waals surface area contributed by atoms with Crippen molar-refractivity contribution in [2.75, 3.05) is 5.32 Å². The molecule has 0 bridgehead atoms. The fraction of sp³-hybridized carbons (Fsp3) is 0.300. The number of para-hydroxylation sites is 1. The Hall–Kier alpha value is -0.680. The van der Waals surface area contributed by atoms with Gasteiger partial charge in [-0.25, -0.2) is 4.39 Å². The number of benzene rings is 1. The smallest absolute Gasteiger partial charge is 0.171 e. The molecule has 1 aliphatic rings. The van der Waals surface area contributed by atoms with Gasteiger partial charge in [0.25, 0.3) is 0 Å². The Morgan fingerprint density at radius 1 is 1.47 bits per heavy atom. The summed E-state index contributed by atoms with van der Waals surface area (Å²) in [5, 5.41) is 6.41. The van der Waals surface area contributed by atoms with Crippen molar-refractivity contribution >= 4 is 38.9 Å². The first-order valence-corrected chi connectivity index (χ1v) is 5.88. The summed E-state index contributed by atoms with van der Waals surface area (Å²) in [6, 6.07) is 5.27. The molecule has 1 fully saturated rings. The van der Waals surface area contributed by atoms with Crippen LogP contribution < -0.4 is 10.6 Å². The molecule has 0 amide bonds. The van der Waals surface area contributed by atoms with Crippen LogP contribution in [0.25, 0.3) is 0 Å². The largest absolute Gasteiger partial charge is 0.360 e. The van der Waals surface area contributed by atoms with Gasteiger partial charge in [-0.2, -0.15) is 0 Å². The van der Waals surface area contributed by atoms with Crippen molar-refractivity contribution in [2.24, 2.45) is 0 Å². The summed E-state index contributed by atoms with van der Waals surface area (Å²) in [4.78, 5) is 0. The Morgan fingerprint density at radius 2 is 2.20 bits per heavy atom. The molecule has 0 aromatic heterocycles. The molecule has 1 aromatic rings. The summed E-state index contributed by atoms with van der Waals surface area (Å²) in [5.74, 6) is -0.315. The van der Waals surface area contributed by atoms with Crippen molar-refractivity contribution in [2.45, 2.75) is 18.9 Å². The SMILES string of the molecule is Fc1cccc(Br)c1NC(=S)NC1CC1. The average Bonchev–Trinajstić information content (AvgIpc) is 2.95. The maximum Gasteiger partial charge on any atom is 0.171 e. The van der Waals surface area contributed by atoms with E-state index in [1.165, 1.54) is 6.07 Å². The maximum absolute atomic E-state index is 13.4. The topological polar surface area (TPSA) is 24.1 Å². The number of rotatable bonds is 2. The molecule has 0 spiro atoms. The minimum absolute atomic E-state index is 0.315. The van der Waals surface area contributed by atoms with Gasteiger partial charge < -0.3 is 10.6 Å². The van der Waals surface area contributed by atoms with Crippen LogP contribution in [-0.4, -0.2) is 11.2 Å². The van der Waals surface area contributed by atoms with Gasteiger partial charge in [-0.3, -0.25) is 0 Å². The molecule has 0 atom stereocenters. The van der Waals surface area contributed by atoms with Crippen molar-refractivity contribution < 1.29 is 4.39 Å². The summed E-state index contributed by atoms with van der Waals surface area (Å²) < 4.78 is 14.1.